The van der Waals surface area contributed by atoms with E-state index in [1.807, 2.05) is 23.9 Å². The number of benzene rings is 1. The SMILES string of the molecule is CSCC(C)NC(C)c1cc2cc(Br)ccc2o1. The van der Waals surface area contributed by atoms with E-state index in [1.165, 1.54) is 0 Å². The number of thioether (sulfide) groups is 1. The maximum atomic E-state index is 5.87. The predicted molar refractivity (Wildman–Crippen MR) is 83.3 cm³/mol. The van der Waals surface area contributed by atoms with Crippen molar-refractivity contribution < 1.29 is 4.42 Å². The minimum absolute atomic E-state index is 0.235. The van der Waals surface area contributed by atoms with Gasteiger partial charge in [-0.05, 0) is 44.4 Å². The third kappa shape index (κ3) is 3.31. The van der Waals surface area contributed by atoms with Gasteiger partial charge < -0.3 is 9.73 Å². The van der Waals surface area contributed by atoms with Gasteiger partial charge in [0.2, 0.25) is 0 Å². The molecule has 0 saturated carbocycles. The number of hydrogen-bond donors (Lipinski definition) is 1. The zero-order valence-electron chi connectivity index (χ0n) is 10.9. The molecular weight excluding hydrogens is 310 g/mol. The summed E-state index contributed by atoms with van der Waals surface area (Å²) in [7, 11) is 0. The van der Waals surface area contributed by atoms with Gasteiger partial charge in [-0.15, -0.1) is 0 Å². The first-order chi connectivity index (χ1) is 8.60. The fourth-order valence-electron chi connectivity index (χ4n) is 2.06. The smallest absolute Gasteiger partial charge is 0.134 e. The van der Waals surface area contributed by atoms with E-state index in [9.17, 15) is 0 Å². The van der Waals surface area contributed by atoms with E-state index in [2.05, 4.69) is 53.5 Å². The van der Waals surface area contributed by atoms with Crippen LogP contribution in [0.2, 0.25) is 0 Å². The van der Waals surface area contributed by atoms with E-state index in [4.69, 9.17) is 4.42 Å². The Morgan fingerprint density at radius 3 is 2.83 bits per heavy atom. The van der Waals surface area contributed by atoms with Crippen molar-refractivity contribution in [2.75, 3.05) is 12.0 Å². The second kappa shape index (κ2) is 6.13. The lowest BCUT2D eigenvalue weighted by atomic mass is 10.2. The lowest BCUT2D eigenvalue weighted by Crippen LogP contribution is -2.30. The Labute approximate surface area is 121 Å². The van der Waals surface area contributed by atoms with Crippen LogP contribution in [0.5, 0.6) is 0 Å². The van der Waals surface area contributed by atoms with E-state index in [-0.39, 0.29) is 6.04 Å². The molecule has 98 valence electrons. The molecule has 1 aromatic carbocycles. The van der Waals surface area contributed by atoms with E-state index in [0.29, 0.717) is 6.04 Å². The van der Waals surface area contributed by atoms with Crippen molar-refractivity contribution in [3.8, 4) is 0 Å². The summed E-state index contributed by atoms with van der Waals surface area (Å²) < 4.78 is 6.96. The standard InChI is InChI=1S/C14H18BrNOS/c1-9(8-18-3)16-10(2)14-7-11-6-12(15)4-5-13(11)17-14/h4-7,9-10,16H,8H2,1-3H3. The number of halogens is 1. The number of furan rings is 1. The molecule has 1 N–H and O–H groups in total. The molecule has 2 atom stereocenters. The van der Waals surface area contributed by atoms with Gasteiger partial charge in [0.15, 0.2) is 0 Å². The third-order valence-electron chi connectivity index (χ3n) is 2.88. The summed E-state index contributed by atoms with van der Waals surface area (Å²) in [4.78, 5) is 0. The molecule has 0 fully saturated rings. The Kier molecular flexibility index (Phi) is 4.76. The molecule has 4 heteroatoms. The van der Waals surface area contributed by atoms with Crippen LogP contribution in [0.4, 0.5) is 0 Å². The average molecular weight is 328 g/mol. The third-order valence-corrected chi connectivity index (χ3v) is 4.20. The summed E-state index contributed by atoms with van der Waals surface area (Å²) in [6.45, 7) is 4.34. The summed E-state index contributed by atoms with van der Waals surface area (Å²) in [6.07, 6.45) is 2.13. The molecule has 0 amide bonds. The second-order valence-corrected chi connectivity index (χ2v) is 6.40. The monoisotopic (exact) mass is 327 g/mol. The minimum atomic E-state index is 0.235. The van der Waals surface area contributed by atoms with Crippen molar-refractivity contribution in [3.05, 3.63) is 34.5 Å². The Balaban J connectivity index is 2.15. The van der Waals surface area contributed by atoms with Crippen LogP contribution in [-0.4, -0.2) is 18.1 Å². The van der Waals surface area contributed by atoms with Gasteiger partial charge in [0.25, 0.3) is 0 Å². The zero-order valence-corrected chi connectivity index (χ0v) is 13.3. The number of hydrogen-bond acceptors (Lipinski definition) is 3. The van der Waals surface area contributed by atoms with Crippen LogP contribution in [0.1, 0.15) is 25.6 Å². The van der Waals surface area contributed by atoms with Crippen molar-refractivity contribution in [1.29, 1.82) is 0 Å². The molecule has 0 aliphatic rings. The molecule has 0 radical (unpaired) electrons. The van der Waals surface area contributed by atoms with Crippen LogP contribution in [0.15, 0.2) is 33.2 Å². The van der Waals surface area contributed by atoms with Crippen molar-refractivity contribution in [3.63, 3.8) is 0 Å². The highest BCUT2D eigenvalue weighted by atomic mass is 79.9. The summed E-state index contributed by atoms with van der Waals surface area (Å²) in [6, 6.07) is 8.92. The largest absolute Gasteiger partial charge is 0.459 e. The van der Waals surface area contributed by atoms with E-state index >= 15 is 0 Å². The first-order valence-electron chi connectivity index (χ1n) is 6.04. The number of nitrogens with one attached hydrogen (secondary N) is 1. The molecule has 0 spiro atoms. The Morgan fingerprint density at radius 2 is 2.11 bits per heavy atom. The Morgan fingerprint density at radius 1 is 1.33 bits per heavy atom. The highest BCUT2D eigenvalue weighted by Crippen LogP contribution is 2.26. The Bertz CT molecular complexity index is 525. The summed E-state index contributed by atoms with van der Waals surface area (Å²) in [5.41, 5.74) is 0.944. The number of fused-ring (bicyclic) bond motifs is 1. The summed E-state index contributed by atoms with van der Waals surface area (Å²) >= 11 is 5.33. The van der Waals surface area contributed by atoms with E-state index in [0.717, 1.165) is 27.0 Å². The van der Waals surface area contributed by atoms with Crippen molar-refractivity contribution >= 4 is 38.7 Å². The molecule has 1 heterocycles. The maximum Gasteiger partial charge on any atom is 0.134 e. The lowest BCUT2D eigenvalue weighted by molar-refractivity contribution is 0.426. The van der Waals surface area contributed by atoms with Gasteiger partial charge in [-0.25, -0.2) is 0 Å². The quantitative estimate of drug-likeness (QED) is 0.868. The molecule has 0 aliphatic carbocycles. The van der Waals surface area contributed by atoms with Crippen LogP contribution in [0.3, 0.4) is 0 Å². The van der Waals surface area contributed by atoms with Gasteiger partial charge in [0.1, 0.15) is 11.3 Å². The van der Waals surface area contributed by atoms with Crippen molar-refractivity contribution in [2.45, 2.75) is 25.9 Å². The second-order valence-electron chi connectivity index (χ2n) is 4.58. The molecule has 0 bridgehead atoms. The maximum absolute atomic E-state index is 5.87. The first kappa shape index (κ1) is 14.0. The molecular formula is C14H18BrNOS. The van der Waals surface area contributed by atoms with Crippen LogP contribution in [0.25, 0.3) is 11.0 Å². The first-order valence-corrected chi connectivity index (χ1v) is 8.23. The molecule has 18 heavy (non-hydrogen) atoms. The van der Waals surface area contributed by atoms with Crippen molar-refractivity contribution in [2.24, 2.45) is 0 Å². The van der Waals surface area contributed by atoms with E-state index < -0.39 is 0 Å². The van der Waals surface area contributed by atoms with Crippen LogP contribution < -0.4 is 5.32 Å². The van der Waals surface area contributed by atoms with Crippen LogP contribution in [-0.2, 0) is 0 Å². The normalized spacial score (nSPS) is 14.9. The van der Waals surface area contributed by atoms with Gasteiger partial charge in [0, 0.05) is 21.7 Å². The van der Waals surface area contributed by atoms with Crippen LogP contribution in [0, 0.1) is 0 Å². The number of rotatable bonds is 5. The molecule has 1 aromatic heterocycles. The Hall–Kier alpha value is -0.450. The zero-order chi connectivity index (χ0) is 13.1. The highest BCUT2D eigenvalue weighted by Gasteiger charge is 2.13. The van der Waals surface area contributed by atoms with Gasteiger partial charge in [-0.3, -0.25) is 0 Å². The average Bonchev–Trinajstić information content (AvgIpc) is 2.72. The highest BCUT2D eigenvalue weighted by molar-refractivity contribution is 9.10. The predicted octanol–water partition coefficient (Wildman–Crippen LogP) is 4.60. The van der Waals surface area contributed by atoms with Crippen LogP contribution >= 0.6 is 27.7 Å². The molecule has 2 aromatic rings. The minimum Gasteiger partial charge on any atom is -0.459 e. The van der Waals surface area contributed by atoms with Gasteiger partial charge in [-0.1, -0.05) is 15.9 Å². The van der Waals surface area contributed by atoms with E-state index in [1.54, 1.807) is 0 Å². The van der Waals surface area contributed by atoms with Crippen molar-refractivity contribution in [1.82, 2.24) is 5.32 Å². The molecule has 0 saturated heterocycles. The van der Waals surface area contributed by atoms with Gasteiger partial charge in [-0.2, -0.15) is 11.8 Å². The summed E-state index contributed by atoms with van der Waals surface area (Å²) in [5, 5.41) is 4.69. The fraction of sp³-hybridized carbons (Fsp3) is 0.429. The topological polar surface area (TPSA) is 25.2 Å². The molecule has 2 rings (SSSR count). The molecule has 2 unspecified atom stereocenters. The molecule has 0 aliphatic heterocycles. The lowest BCUT2D eigenvalue weighted by Gasteiger charge is -2.17. The summed E-state index contributed by atoms with van der Waals surface area (Å²) in [5.74, 6) is 2.10. The van der Waals surface area contributed by atoms with Gasteiger partial charge in [0.05, 0.1) is 6.04 Å². The molecule has 2 nitrogen and oxygen atoms in total. The van der Waals surface area contributed by atoms with Gasteiger partial charge >= 0.3 is 0 Å². The fourth-order valence-corrected chi connectivity index (χ4v) is 3.03.